The number of ether oxygens (including phenoxy) is 2. The van der Waals surface area contributed by atoms with Gasteiger partial charge in [-0.2, -0.15) is 26.3 Å². The Morgan fingerprint density at radius 1 is 0.812 bits per heavy atom. The summed E-state index contributed by atoms with van der Waals surface area (Å²) in [4.78, 5) is 12.7. The minimum absolute atomic E-state index is 0.00839. The monoisotopic (exact) mass is 686 g/mol. The summed E-state index contributed by atoms with van der Waals surface area (Å²) < 4.78 is 89.9. The first kappa shape index (κ1) is 37.3. The number of esters is 1. The molecule has 1 aromatic rings. The van der Waals surface area contributed by atoms with Crippen LogP contribution in [0, 0.1) is 52.3 Å². The number of benzene rings is 1. The van der Waals surface area contributed by atoms with E-state index in [0.29, 0.717) is 23.5 Å². The Balaban J connectivity index is 1.10. The van der Waals surface area contributed by atoms with Crippen LogP contribution in [0.1, 0.15) is 136 Å². The smallest absolute Gasteiger partial charge is 0.416 e. The normalized spacial score (nSPS) is 34.2. The van der Waals surface area contributed by atoms with Crippen LogP contribution in [0.4, 0.5) is 26.3 Å². The van der Waals surface area contributed by atoms with Gasteiger partial charge in [0.05, 0.1) is 17.7 Å². The first-order chi connectivity index (χ1) is 22.4. The van der Waals surface area contributed by atoms with E-state index in [-0.39, 0.29) is 37.0 Å². The van der Waals surface area contributed by atoms with Gasteiger partial charge in [0.15, 0.2) is 0 Å². The Morgan fingerprint density at radius 2 is 1.46 bits per heavy atom. The maximum absolute atomic E-state index is 13.1. The van der Waals surface area contributed by atoms with Crippen molar-refractivity contribution in [2.45, 2.75) is 143 Å². The lowest BCUT2D eigenvalue weighted by molar-refractivity contribution is -0.163. The number of carbonyl (C=O) groups is 1. The zero-order valence-electron chi connectivity index (χ0n) is 29.4. The molecule has 0 spiro atoms. The van der Waals surface area contributed by atoms with Gasteiger partial charge in [0.25, 0.3) is 0 Å². The molecular formula is C39H56F6O3. The Hall–Kier alpha value is -1.93. The largest absolute Gasteiger partial charge is 0.494 e. The summed E-state index contributed by atoms with van der Waals surface area (Å²) >= 11 is 0. The lowest BCUT2D eigenvalue weighted by Crippen LogP contribution is -2.54. The fourth-order valence-corrected chi connectivity index (χ4v) is 11.0. The molecule has 0 aromatic heterocycles. The maximum Gasteiger partial charge on any atom is 0.416 e. The molecule has 0 N–H and O–H groups in total. The molecule has 0 heterocycles. The van der Waals surface area contributed by atoms with Crippen molar-refractivity contribution in [2.75, 3.05) is 6.61 Å². The van der Waals surface area contributed by atoms with Crippen LogP contribution in [-0.4, -0.2) is 18.7 Å². The van der Waals surface area contributed by atoms with Crippen LogP contribution < -0.4 is 4.74 Å². The minimum atomic E-state index is -4.94. The summed E-state index contributed by atoms with van der Waals surface area (Å²) in [6.07, 6.45) is 4.69. The van der Waals surface area contributed by atoms with Gasteiger partial charge in [-0.05, 0) is 135 Å². The average molecular weight is 687 g/mol. The number of alkyl halides is 6. The maximum atomic E-state index is 13.1. The second kappa shape index (κ2) is 14.4. The van der Waals surface area contributed by atoms with Gasteiger partial charge in [-0.25, -0.2) is 0 Å². The fourth-order valence-electron chi connectivity index (χ4n) is 11.0. The highest BCUT2D eigenvalue weighted by Crippen LogP contribution is 2.68. The number of carbonyl (C=O) groups excluding carboxylic acids is 1. The summed E-state index contributed by atoms with van der Waals surface area (Å²) in [6, 6.07) is 1.17. The van der Waals surface area contributed by atoms with Crippen molar-refractivity contribution in [3.05, 3.63) is 29.3 Å². The van der Waals surface area contributed by atoms with Gasteiger partial charge in [0, 0.05) is 6.42 Å². The Labute approximate surface area is 283 Å². The second-order valence-electron chi connectivity index (χ2n) is 16.8. The third-order valence-electron chi connectivity index (χ3n) is 13.5. The quantitative estimate of drug-likeness (QED) is 0.132. The number of halogens is 6. The molecule has 4 aliphatic carbocycles. The highest BCUT2D eigenvalue weighted by Gasteiger charge is 2.60. The van der Waals surface area contributed by atoms with Gasteiger partial charge >= 0.3 is 18.3 Å². The molecule has 9 unspecified atom stereocenters. The molecular weight excluding hydrogens is 630 g/mol. The lowest BCUT2D eigenvalue weighted by Gasteiger charge is -2.61. The zero-order chi connectivity index (χ0) is 35.1. The molecule has 0 bridgehead atoms. The van der Waals surface area contributed by atoms with Crippen molar-refractivity contribution < 1.29 is 40.6 Å². The average Bonchev–Trinajstić information content (AvgIpc) is 3.35. The Morgan fingerprint density at radius 3 is 2.10 bits per heavy atom. The van der Waals surface area contributed by atoms with E-state index in [1.54, 1.807) is 0 Å². The summed E-state index contributed by atoms with van der Waals surface area (Å²) in [5, 5.41) is 0. The first-order valence-corrected chi connectivity index (χ1v) is 18.5. The molecule has 3 nitrogen and oxygen atoms in total. The molecule has 4 fully saturated rings. The van der Waals surface area contributed by atoms with E-state index in [1.165, 1.54) is 57.8 Å². The standard InChI is InChI=1S/C39H56F6O3/c1-24(2)8-6-9-25(3)32-13-14-33-31-12-11-26-21-29(15-17-36(26,4)34(31)16-18-37(32,33)5)48-35(46)10-7-19-47-30-22-27(38(40,41)42)20-28(23-30)39(43,44)45/h20,22-26,29,31-34H,6-19,21H2,1-5H3. The fraction of sp³-hybridized carbons (Fsp3) is 0.821. The van der Waals surface area contributed by atoms with Crippen molar-refractivity contribution >= 4 is 5.97 Å². The van der Waals surface area contributed by atoms with Gasteiger partial charge in [-0.1, -0.05) is 53.9 Å². The third kappa shape index (κ3) is 8.00. The predicted molar refractivity (Wildman–Crippen MR) is 174 cm³/mol. The number of hydrogen-bond donors (Lipinski definition) is 0. The van der Waals surface area contributed by atoms with Crippen LogP contribution in [0.15, 0.2) is 18.2 Å². The molecule has 5 rings (SSSR count). The summed E-state index contributed by atoms with van der Waals surface area (Å²) in [7, 11) is 0. The molecule has 0 radical (unpaired) electrons. The van der Waals surface area contributed by atoms with Crippen molar-refractivity contribution in [3.8, 4) is 5.75 Å². The molecule has 0 saturated heterocycles. The van der Waals surface area contributed by atoms with Crippen LogP contribution in [0.2, 0.25) is 0 Å². The molecule has 9 atom stereocenters. The van der Waals surface area contributed by atoms with Gasteiger partial charge in [0.1, 0.15) is 11.9 Å². The third-order valence-corrected chi connectivity index (χ3v) is 13.5. The molecule has 0 aliphatic heterocycles. The van der Waals surface area contributed by atoms with Crippen molar-refractivity contribution in [1.82, 2.24) is 0 Å². The van der Waals surface area contributed by atoms with Crippen LogP contribution in [-0.2, 0) is 21.9 Å². The van der Waals surface area contributed by atoms with E-state index >= 15 is 0 Å². The topological polar surface area (TPSA) is 35.5 Å². The SMILES string of the molecule is CC(C)CCCC(C)C1CCC2C3CCC4CC(OC(=O)CCCOc5cc(C(F)(F)F)cc(C(F)(F)F)c5)CCC4(C)C3CCC12C. The van der Waals surface area contributed by atoms with E-state index in [0.717, 1.165) is 54.8 Å². The van der Waals surface area contributed by atoms with E-state index in [2.05, 4.69) is 34.6 Å². The molecule has 48 heavy (non-hydrogen) atoms. The highest BCUT2D eigenvalue weighted by molar-refractivity contribution is 5.69. The van der Waals surface area contributed by atoms with Crippen LogP contribution >= 0.6 is 0 Å². The molecule has 4 saturated carbocycles. The molecule has 272 valence electrons. The Bertz CT molecular complexity index is 1230. The van der Waals surface area contributed by atoms with Gasteiger partial charge < -0.3 is 9.47 Å². The Kier molecular flexibility index (Phi) is 11.2. The van der Waals surface area contributed by atoms with Crippen molar-refractivity contribution in [1.29, 1.82) is 0 Å². The van der Waals surface area contributed by atoms with E-state index in [4.69, 9.17) is 9.47 Å². The van der Waals surface area contributed by atoms with Crippen molar-refractivity contribution in [2.24, 2.45) is 52.3 Å². The zero-order valence-corrected chi connectivity index (χ0v) is 29.4. The van der Waals surface area contributed by atoms with E-state index < -0.39 is 35.2 Å². The summed E-state index contributed by atoms with van der Waals surface area (Å²) in [6.45, 7) is 12.1. The number of rotatable bonds is 11. The molecule has 1 aromatic carbocycles. The summed E-state index contributed by atoms with van der Waals surface area (Å²) in [5.74, 6) is 4.35. The van der Waals surface area contributed by atoms with Crippen molar-refractivity contribution in [3.63, 3.8) is 0 Å². The number of hydrogen-bond acceptors (Lipinski definition) is 3. The lowest BCUT2D eigenvalue weighted by atomic mass is 9.44. The van der Waals surface area contributed by atoms with Crippen LogP contribution in [0.25, 0.3) is 0 Å². The van der Waals surface area contributed by atoms with Gasteiger partial charge in [-0.15, -0.1) is 0 Å². The van der Waals surface area contributed by atoms with E-state index in [9.17, 15) is 31.1 Å². The minimum Gasteiger partial charge on any atom is -0.494 e. The highest BCUT2D eigenvalue weighted by atomic mass is 19.4. The molecule has 9 heteroatoms. The van der Waals surface area contributed by atoms with Crippen LogP contribution in [0.5, 0.6) is 5.75 Å². The second-order valence-corrected chi connectivity index (χ2v) is 16.8. The number of fused-ring (bicyclic) bond motifs is 5. The van der Waals surface area contributed by atoms with Gasteiger partial charge in [-0.3, -0.25) is 4.79 Å². The molecule has 0 amide bonds. The predicted octanol–water partition coefficient (Wildman–Crippen LogP) is 11.9. The van der Waals surface area contributed by atoms with E-state index in [1.807, 2.05) is 0 Å². The van der Waals surface area contributed by atoms with Gasteiger partial charge in [0.2, 0.25) is 0 Å². The molecule has 4 aliphatic rings. The first-order valence-electron chi connectivity index (χ1n) is 18.5. The van der Waals surface area contributed by atoms with Crippen LogP contribution in [0.3, 0.4) is 0 Å². The summed E-state index contributed by atoms with van der Waals surface area (Å²) in [5.41, 5.74) is -2.13.